The van der Waals surface area contributed by atoms with Crippen molar-refractivity contribution in [3.63, 3.8) is 0 Å². The molecule has 0 aliphatic rings. The molecule has 1 rings (SSSR count). The smallest absolute Gasteiger partial charge is 0.126 e. The molecule has 0 N–H and O–H groups in total. The van der Waals surface area contributed by atoms with Crippen molar-refractivity contribution in [2.75, 3.05) is 5.33 Å². The quantitative estimate of drug-likeness (QED) is 0.648. The van der Waals surface area contributed by atoms with Gasteiger partial charge in [-0.25, -0.2) is 4.39 Å². The van der Waals surface area contributed by atoms with Crippen molar-refractivity contribution >= 4 is 15.9 Å². The zero-order valence-corrected chi connectivity index (χ0v) is 7.07. The van der Waals surface area contributed by atoms with Crippen LogP contribution in [0.4, 0.5) is 4.39 Å². The number of halogens is 2. The molecule has 0 amide bonds. The van der Waals surface area contributed by atoms with Crippen LogP contribution in [0.1, 0.15) is 5.56 Å². The summed E-state index contributed by atoms with van der Waals surface area (Å²) in [5.41, 5.74) is 0.777. The molecule has 2 heteroatoms. The number of benzene rings is 1. The fourth-order valence-electron chi connectivity index (χ4n) is 0.803. The summed E-state index contributed by atoms with van der Waals surface area (Å²) in [7, 11) is 0. The van der Waals surface area contributed by atoms with Crippen LogP contribution in [0.3, 0.4) is 0 Å². The van der Waals surface area contributed by atoms with Gasteiger partial charge in [0.2, 0.25) is 0 Å². The van der Waals surface area contributed by atoms with Gasteiger partial charge in [0, 0.05) is 5.33 Å². The Hall–Kier alpha value is -0.370. The number of rotatable bonds is 2. The molecule has 0 nitrogen and oxygen atoms in total. The lowest BCUT2D eigenvalue weighted by Gasteiger charge is -1.97. The van der Waals surface area contributed by atoms with Gasteiger partial charge in [-0.15, -0.1) is 0 Å². The molecule has 0 aromatic heterocycles. The minimum Gasteiger partial charge on any atom is -0.207 e. The maximum absolute atomic E-state index is 12.8. The van der Waals surface area contributed by atoms with Gasteiger partial charge in [0.25, 0.3) is 0 Å². The summed E-state index contributed by atoms with van der Waals surface area (Å²) < 4.78 is 12.8. The summed E-state index contributed by atoms with van der Waals surface area (Å²) in [5, 5.41) is 0.813. The van der Waals surface area contributed by atoms with E-state index in [1.54, 1.807) is 12.1 Å². The van der Waals surface area contributed by atoms with E-state index in [-0.39, 0.29) is 5.82 Å². The van der Waals surface area contributed by atoms with Gasteiger partial charge in [-0.1, -0.05) is 34.1 Å². The Morgan fingerprint density at radius 1 is 1.30 bits per heavy atom. The Kier molecular flexibility index (Phi) is 2.87. The van der Waals surface area contributed by atoms with E-state index in [1.807, 2.05) is 6.07 Å². The molecular formula is C8H8BrF. The second-order valence-electron chi connectivity index (χ2n) is 2.03. The van der Waals surface area contributed by atoms with Crippen molar-refractivity contribution in [1.29, 1.82) is 0 Å². The lowest BCUT2D eigenvalue weighted by Crippen LogP contribution is -1.89. The molecule has 0 radical (unpaired) electrons. The Labute approximate surface area is 68.2 Å². The van der Waals surface area contributed by atoms with Crippen molar-refractivity contribution in [3.8, 4) is 0 Å². The predicted molar refractivity (Wildman–Crippen MR) is 43.9 cm³/mol. The molecule has 0 aliphatic heterocycles. The fourth-order valence-corrected chi connectivity index (χ4v) is 1.23. The van der Waals surface area contributed by atoms with Crippen molar-refractivity contribution in [2.45, 2.75) is 6.42 Å². The van der Waals surface area contributed by atoms with E-state index in [1.165, 1.54) is 6.07 Å². The highest BCUT2D eigenvalue weighted by Gasteiger charge is 1.96. The molecule has 0 heterocycles. The molecule has 0 bridgehead atoms. The molecule has 0 saturated carbocycles. The Balaban J connectivity index is 2.81. The first-order valence-electron chi connectivity index (χ1n) is 3.14. The van der Waals surface area contributed by atoms with Crippen LogP contribution >= 0.6 is 15.9 Å². The van der Waals surface area contributed by atoms with Crippen LogP contribution in [-0.2, 0) is 6.42 Å². The predicted octanol–water partition coefficient (Wildman–Crippen LogP) is 2.76. The van der Waals surface area contributed by atoms with Crippen molar-refractivity contribution in [2.24, 2.45) is 0 Å². The molecule has 54 valence electrons. The van der Waals surface area contributed by atoms with Crippen molar-refractivity contribution in [3.05, 3.63) is 35.6 Å². The summed E-state index contributed by atoms with van der Waals surface area (Å²) in [4.78, 5) is 0. The third-order valence-electron chi connectivity index (χ3n) is 1.32. The molecule has 10 heavy (non-hydrogen) atoms. The highest BCUT2D eigenvalue weighted by molar-refractivity contribution is 9.09. The number of aryl methyl sites for hydroxylation is 1. The lowest BCUT2D eigenvalue weighted by molar-refractivity contribution is 0.613. The van der Waals surface area contributed by atoms with Crippen LogP contribution in [0.25, 0.3) is 0 Å². The Bertz CT molecular complexity index is 210. The largest absolute Gasteiger partial charge is 0.207 e. The van der Waals surface area contributed by atoms with Gasteiger partial charge < -0.3 is 0 Å². The summed E-state index contributed by atoms with van der Waals surface area (Å²) in [6.07, 6.45) is 0.757. The molecule has 1 aromatic rings. The van der Waals surface area contributed by atoms with E-state index in [9.17, 15) is 4.39 Å². The van der Waals surface area contributed by atoms with E-state index < -0.39 is 0 Å². The maximum atomic E-state index is 12.8. The first kappa shape index (κ1) is 7.73. The maximum Gasteiger partial charge on any atom is 0.126 e. The van der Waals surface area contributed by atoms with Gasteiger partial charge in [0.1, 0.15) is 5.82 Å². The standard InChI is InChI=1S/C8H8BrF/c9-6-5-7-3-1-2-4-8(7)10/h1-4H,5-6H2. The first-order valence-corrected chi connectivity index (χ1v) is 4.26. The van der Waals surface area contributed by atoms with Crippen LogP contribution in [-0.4, -0.2) is 5.33 Å². The van der Waals surface area contributed by atoms with Gasteiger partial charge in [-0.3, -0.25) is 0 Å². The third-order valence-corrected chi connectivity index (χ3v) is 1.72. The molecule has 0 spiro atoms. The number of hydrogen-bond donors (Lipinski definition) is 0. The van der Waals surface area contributed by atoms with E-state index in [0.29, 0.717) is 0 Å². The van der Waals surface area contributed by atoms with E-state index in [4.69, 9.17) is 0 Å². The average molecular weight is 203 g/mol. The zero-order chi connectivity index (χ0) is 7.40. The molecule has 1 aromatic carbocycles. The number of hydrogen-bond acceptors (Lipinski definition) is 0. The molecule has 0 unspecified atom stereocenters. The third kappa shape index (κ3) is 1.81. The van der Waals surface area contributed by atoms with Crippen LogP contribution < -0.4 is 0 Å². The Morgan fingerprint density at radius 3 is 2.60 bits per heavy atom. The van der Waals surface area contributed by atoms with E-state index in [0.717, 1.165) is 17.3 Å². The van der Waals surface area contributed by atoms with E-state index in [2.05, 4.69) is 15.9 Å². The lowest BCUT2D eigenvalue weighted by atomic mass is 10.2. The second kappa shape index (κ2) is 3.71. The van der Waals surface area contributed by atoms with Crippen LogP contribution in [0, 0.1) is 5.82 Å². The number of alkyl halides is 1. The Morgan fingerprint density at radius 2 is 2.00 bits per heavy atom. The van der Waals surface area contributed by atoms with Crippen LogP contribution in [0.2, 0.25) is 0 Å². The summed E-state index contributed by atoms with van der Waals surface area (Å²) in [6, 6.07) is 6.84. The topological polar surface area (TPSA) is 0 Å². The minimum absolute atomic E-state index is 0.109. The minimum atomic E-state index is -0.109. The van der Waals surface area contributed by atoms with Crippen LogP contribution in [0.5, 0.6) is 0 Å². The molecule has 0 atom stereocenters. The fraction of sp³-hybridized carbons (Fsp3) is 0.250. The van der Waals surface area contributed by atoms with Crippen molar-refractivity contribution < 1.29 is 4.39 Å². The summed E-state index contributed by atoms with van der Waals surface area (Å²) in [5.74, 6) is -0.109. The average Bonchev–Trinajstić information content (AvgIpc) is 1.94. The SMILES string of the molecule is Fc1ccccc1CCBr. The summed E-state index contributed by atoms with van der Waals surface area (Å²) in [6.45, 7) is 0. The molecule has 0 saturated heterocycles. The summed E-state index contributed by atoms with van der Waals surface area (Å²) >= 11 is 3.25. The van der Waals surface area contributed by atoms with E-state index >= 15 is 0 Å². The molecule has 0 aliphatic carbocycles. The highest BCUT2D eigenvalue weighted by atomic mass is 79.9. The van der Waals surface area contributed by atoms with Gasteiger partial charge in [-0.2, -0.15) is 0 Å². The van der Waals surface area contributed by atoms with Gasteiger partial charge >= 0.3 is 0 Å². The van der Waals surface area contributed by atoms with Crippen molar-refractivity contribution in [1.82, 2.24) is 0 Å². The second-order valence-corrected chi connectivity index (χ2v) is 2.82. The van der Waals surface area contributed by atoms with Gasteiger partial charge in [0.15, 0.2) is 0 Å². The van der Waals surface area contributed by atoms with Crippen LogP contribution in [0.15, 0.2) is 24.3 Å². The zero-order valence-electron chi connectivity index (χ0n) is 5.48. The molecule has 0 fully saturated rings. The normalized spacial score (nSPS) is 9.80. The first-order chi connectivity index (χ1) is 4.84. The molecular weight excluding hydrogens is 195 g/mol. The monoisotopic (exact) mass is 202 g/mol. The van der Waals surface area contributed by atoms with Gasteiger partial charge in [-0.05, 0) is 18.1 Å². The highest BCUT2D eigenvalue weighted by Crippen LogP contribution is 2.07. The van der Waals surface area contributed by atoms with Gasteiger partial charge in [0.05, 0.1) is 0 Å².